The number of halogens is 2. The van der Waals surface area contributed by atoms with Crippen LogP contribution < -0.4 is 20.7 Å². The largest absolute Gasteiger partial charge is 0.497 e. The second kappa shape index (κ2) is 7.95. The van der Waals surface area contributed by atoms with Crippen LogP contribution in [0.25, 0.3) is 0 Å². The first kappa shape index (κ1) is 18.5. The number of hydrogen-bond donors (Lipinski definition) is 2. The van der Waals surface area contributed by atoms with E-state index in [1.54, 1.807) is 13.2 Å². The first-order valence-corrected chi connectivity index (χ1v) is 9.19. The molecule has 1 fully saturated rings. The van der Waals surface area contributed by atoms with Crippen LogP contribution in [0.3, 0.4) is 0 Å². The van der Waals surface area contributed by atoms with Crippen molar-refractivity contribution in [2.45, 2.75) is 6.42 Å². The Labute approximate surface area is 160 Å². The Balaban J connectivity index is 1.66. The maximum atomic E-state index is 14.0. The van der Waals surface area contributed by atoms with Crippen molar-refractivity contribution in [2.75, 3.05) is 37.0 Å². The lowest BCUT2D eigenvalue weighted by Gasteiger charge is -2.20. The standard InChI is InChI=1S/C19H21BrFN3O2/c1-26-15-4-2-3-14(9-15)24-6-5-12(11-24)10-23-17-8-13(20)7-16(21)18(17)19(22)25/h2-4,7-9,12,23H,5-6,10-11H2,1H3,(H2,22,25). The molecule has 1 aliphatic heterocycles. The molecule has 1 amide bonds. The minimum absolute atomic E-state index is 0.101. The highest BCUT2D eigenvalue weighted by Crippen LogP contribution is 2.29. The van der Waals surface area contributed by atoms with E-state index in [1.165, 1.54) is 6.07 Å². The first-order valence-electron chi connectivity index (χ1n) is 8.39. The molecule has 2 aromatic carbocycles. The Morgan fingerprint density at radius 1 is 1.42 bits per heavy atom. The number of primary amides is 1. The summed E-state index contributed by atoms with van der Waals surface area (Å²) in [6, 6.07) is 10.9. The summed E-state index contributed by atoms with van der Waals surface area (Å²) in [6.45, 7) is 2.45. The Kier molecular flexibility index (Phi) is 5.66. The zero-order valence-electron chi connectivity index (χ0n) is 14.5. The van der Waals surface area contributed by atoms with E-state index < -0.39 is 11.7 Å². The highest BCUT2D eigenvalue weighted by molar-refractivity contribution is 9.10. The van der Waals surface area contributed by atoms with Crippen molar-refractivity contribution >= 4 is 33.2 Å². The van der Waals surface area contributed by atoms with Gasteiger partial charge in [0.15, 0.2) is 0 Å². The molecule has 1 saturated heterocycles. The number of carbonyl (C=O) groups is 1. The lowest BCUT2D eigenvalue weighted by atomic mass is 10.1. The van der Waals surface area contributed by atoms with Crippen LogP contribution in [0.5, 0.6) is 5.75 Å². The number of carbonyl (C=O) groups excluding carboxylic acids is 1. The normalized spacial score (nSPS) is 16.6. The molecule has 1 atom stereocenters. The van der Waals surface area contributed by atoms with Crippen LogP contribution in [0.15, 0.2) is 40.9 Å². The summed E-state index contributed by atoms with van der Waals surface area (Å²) in [5.41, 5.74) is 6.76. The number of nitrogens with two attached hydrogens (primary N) is 1. The third-order valence-electron chi connectivity index (χ3n) is 4.59. The summed E-state index contributed by atoms with van der Waals surface area (Å²) < 4.78 is 19.9. The molecule has 3 rings (SSSR count). The predicted octanol–water partition coefficient (Wildman–Crippen LogP) is 3.63. The van der Waals surface area contributed by atoms with Crippen molar-refractivity contribution in [3.63, 3.8) is 0 Å². The molecule has 0 aliphatic carbocycles. The van der Waals surface area contributed by atoms with E-state index in [0.29, 0.717) is 22.6 Å². The van der Waals surface area contributed by atoms with Crippen molar-refractivity contribution in [3.05, 3.63) is 52.3 Å². The van der Waals surface area contributed by atoms with Crippen molar-refractivity contribution in [3.8, 4) is 5.75 Å². The van der Waals surface area contributed by atoms with Gasteiger partial charge in [0.2, 0.25) is 0 Å². The van der Waals surface area contributed by atoms with Crippen molar-refractivity contribution in [1.29, 1.82) is 0 Å². The van der Waals surface area contributed by atoms with E-state index in [1.807, 2.05) is 18.2 Å². The van der Waals surface area contributed by atoms with Crippen LogP contribution in [0.4, 0.5) is 15.8 Å². The fourth-order valence-corrected chi connectivity index (χ4v) is 3.69. The highest BCUT2D eigenvalue weighted by atomic mass is 79.9. The van der Waals surface area contributed by atoms with E-state index >= 15 is 0 Å². The monoisotopic (exact) mass is 421 g/mol. The molecule has 1 aliphatic rings. The van der Waals surface area contributed by atoms with Crippen LogP contribution in [-0.4, -0.2) is 32.7 Å². The molecule has 3 N–H and O–H groups in total. The minimum atomic E-state index is -0.776. The zero-order chi connectivity index (χ0) is 18.7. The number of nitrogens with zero attached hydrogens (tertiary/aromatic N) is 1. The van der Waals surface area contributed by atoms with Gasteiger partial charge in [0.1, 0.15) is 11.6 Å². The topological polar surface area (TPSA) is 67.6 Å². The average molecular weight is 422 g/mol. The maximum Gasteiger partial charge on any atom is 0.253 e. The Morgan fingerprint density at radius 2 is 2.23 bits per heavy atom. The first-order chi connectivity index (χ1) is 12.5. The summed E-state index contributed by atoms with van der Waals surface area (Å²) in [5, 5.41) is 3.19. The second-order valence-electron chi connectivity index (χ2n) is 6.36. The molecule has 7 heteroatoms. The molecular formula is C19H21BrFN3O2. The van der Waals surface area contributed by atoms with Crippen molar-refractivity contribution in [2.24, 2.45) is 11.7 Å². The highest BCUT2D eigenvalue weighted by Gasteiger charge is 2.24. The van der Waals surface area contributed by atoms with Crippen LogP contribution in [-0.2, 0) is 0 Å². The lowest BCUT2D eigenvalue weighted by Crippen LogP contribution is -2.23. The zero-order valence-corrected chi connectivity index (χ0v) is 16.1. The quantitative estimate of drug-likeness (QED) is 0.746. The molecule has 26 heavy (non-hydrogen) atoms. The molecule has 0 spiro atoms. The lowest BCUT2D eigenvalue weighted by molar-refractivity contribution is 0.0997. The number of amides is 1. The summed E-state index contributed by atoms with van der Waals surface area (Å²) in [5.74, 6) is -0.190. The molecular weight excluding hydrogens is 401 g/mol. The SMILES string of the molecule is COc1cccc(N2CCC(CNc3cc(Br)cc(F)c3C(N)=O)C2)c1. The average Bonchev–Trinajstić information content (AvgIpc) is 3.08. The second-order valence-corrected chi connectivity index (χ2v) is 7.27. The minimum Gasteiger partial charge on any atom is -0.497 e. The summed E-state index contributed by atoms with van der Waals surface area (Å²) in [7, 11) is 1.66. The van der Waals surface area contributed by atoms with Gasteiger partial charge in [-0.2, -0.15) is 0 Å². The molecule has 2 aromatic rings. The number of rotatable bonds is 6. The predicted molar refractivity (Wildman–Crippen MR) is 104 cm³/mol. The fraction of sp³-hybridized carbons (Fsp3) is 0.316. The molecule has 0 bridgehead atoms. The molecule has 0 saturated carbocycles. The van der Waals surface area contributed by atoms with Crippen LogP contribution in [0, 0.1) is 11.7 Å². The van der Waals surface area contributed by atoms with Gasteiger partial charge in [0, 0.05) is 35.9 Å². The van der Waals surface area contributed by atoms with Gasteiger partial charge in [-0.1, -0.05) is 22.0 Å². The molecule has 1 unspecified atom stereocenters. The van der Waals surface area contributed by atoms with Gasteiger partial charge in [-0.05, 0) is 36.6 Å². The van der Waals surface area contributed by atoms with E-state index in [9.17, 15) is 9.18 Å². The fourth-order valence-electron chi connectivity index (χ4n) is 3.26. The van der Waals surface area contributed by atoms with Crippen LogP contribution in [0.2, 0.25) is 0 Å². The Morgan fingerprint density at radius 3 is 2.96 bits per heavy atom. The van der Waals surface area contributed by atoms with Crippen molar-refractivity contribution < 1.29 is 13.9 Å². The maximum absolute atomic E-state index is 14.0. The van der Waals surface area contributed by atoms with Gasteiger partial charge in [-0.25, -0.2) is 4.39 Å². The smallest absolute Gasteiger partial charge is 0.253 e. The number of nitrogens with one attached hydrogen (secondary N) is 1. The van der Waals surface area contributed by atoms with E-state index in [2.05, 4.69) is 32.2 Å². The number of benzene rings is 2. The third-order valence-corrected chi connectivity index (χ3v) is 5.04. The van der Waals surface area contributed by atoms with Gasteiger partial charge in [0.05, 0.1) is 18.4 Å². The Bertz CT molecular complexity index is 815. The van der Waals surface area contributed by atoms with E-state index in [0.717, 1.165) is 30.9 Å². The van der Waals surface area contributed by atoms with Gasteiger partial charge in [-0.15, -0.1) is 0 Å². The Hall–Kier alpha value is -2.28. The number of hydrogen-bond acceptors (Lipinski definition) is 4. The van der Waals surface area contributed by atoms with Gasteiger partial charge in [0.25, 0.3) is 5.91 Å². The summed E-state index contributed by atoms with van der Waals surface area (Å²) in [4.78, 5) is 13.9. The molecule has 1 heterocycles. The number of methoxy groups -OCH3 is 1. The van der Waals surface area contributed by atoms with E-state index in [4.69, 9.17) is 10.5 Å². The number of ether oxygens (including phenoxy) is 1. The third kappa shape index (κ3) is 4.09. The molecule has 5 nitrogen and oxygen atoms in total. The molecule has 0 aromatic heterocycles. The van der Waals surface area contributed by atoms with Crippen molar-refractivity contribution in [1.82, 2.24) is 0 Å². The summed E-state index contributed by atoms with van der Waals surface area (Å²) >= 11 is 3.25. The van der Waals surface area contributed by atoms with Gasteiger partial charge < -0.3 is 20.7 Å². The van der Waals surface area contributed by atoms with Crippen LogP contribution >= 0.6 is 15.9 Å². The van der Waals surface area contributed by atoms with Gasteiger partial charge >= 0.3 is 0 Å². The summed E-state index contributed by atoms with van der Waals surface area (Å²) in [6.07, 6.45) is 1.01. The van der Waals surface area contributed by atoms with E-state index in [-0.39, 0.29) is 5.56 Å². The number of anilines is 2. The molecule has 0 radical (unpaired) electrons. The molecule has 138 valence electrons. The van der Waals surface area contributed by atoms with Gasteiger partial charge in [-0.3, -0.25) is 4.79 Å². The van der Waals surface area contributed by atoms with Crippen LogP contribution in [0.1, 0.15) is 16.8 Å².